The molecule has 11 heteroatoms. The van der Waals surface area contributed by atoms with E-state index in [1.807, 2.05) is 31.2 Å². The molecule has 1 aromatic carbocycles. The molecule has 4 atom stereocenters. The van der Waals surface area contributed by atoms with Crippen LogP contribution in [0.4, 0.5) is 4.39 Å². The van der Waals surface area contributed by atoms with E-state index >= 15 is 4.39 Å². The SMILES string of the molecule is CCOC.N[C@]12OCC(O)[C@H]1OCC2Oc1cc2nc(-c3ccc(C4CCC(NC=O)CC4)cc3)c(F)cc2[nH]1. The number of benzene rings is 1. The third kappa shape index (κ3) is 5.70. The summed E-state index contributed by atoms with van der Waals surface area (Å²) < 4.78 is 36.7. The Labute approximate surface area is 232 Å². The number of aromatic amines is 1. The van der Waals surface area contributed by atoms with Gasteiger partial charge >= 0.3 is 0 Å². The summed E-state index contributed by atoms with van der Waals surface area (Å²) in [5, 5.41) is 12.9. The number of nitrogens with one attached hydrogen (secondary N) is 2. The molecule has 2 aliphatic heterocycles. The Balaban J connectivity index is 0.000000758. The second kappa shape index (κ2) is 12.2. The summed E-state index contributed by atoms with van der Waals surface area (Å²) in [5.41, 5.74) is 8.30. The Morgan fingerprint density at radius 2 is 1.95 bits per heavy atom. The van der Waals surface area contributed by atoms with Crippen molar-refractivity contribution in [2.75, 3.05) is 26.9 Å². The molecule has 2 aromatic heterocycles. The lowest BCUT2D eigenvalue weighted by atomic mass is 9.81. The number of aromatic nitrogens is 2. The van der Waals surface area contributed by atoms with Crippen molar-refractivity contribution in [3.63, 3.8) is 0 Å². The number of nitrogens with zero attached hydrogens (tertiary/aromatic N) is 1. The van der Waals surface area contributed by atoms with E-state index in [1.54, 1.807) is 13.2 Å². The number of H-pyrrole nitrogens is 1. The van der Waals surface area contributed by atoms with Crippen molar-refractivity contribution >= 4 is 17.4 Å². The summed E-state index contributed by atoms with van der Waals surface area (Å²) in [7, 11) is 1.68. The van der Waals surface area contributed by atoms with Crippen molar-refractivity contribution in [1.29, 1.82) is 0 Å². The maximum absolute atomic E-state index is 15.0. The first kappa shape index (κ1) is 28.4. The van der Waals surface area contributed by atoms with Gasteiger partial charge in [0.1, 0.15) is 17.9 Å². The molecule has 5 N–H and O–H groups in total. The third-order valence-electron chi connectivity index (χ3n) is 8.00. The Bertz CT molecular complexity index is 1290. The van der Waals surface area contributed by atoms with Crippen molar-refractivity contribution in [2.24, 2.45) is 5.73 Å². The number of ether oxygens (including phenoxy) is 4. The average Bonchev–Trinajstić information content (AvgIpc) is 3.61. The number of nitrogens with two attached hydrogens (primary N) is 1. The molecule has 3 aliphatic rings. The fourth-order valence-corrected chi connectivity index (χ4v) is 5.69. The van der Waals surface area contributed by atoms with Gasteiger partial charge in [-0.3, -0.25) is 10.5 Å². The maximum atomic E-state index is 15.0. The fraction of sp³-hybridized carbons (Fsp3) is 0.517. The number of amides is 1. The minimum absolute atomic E-state index is 0.0846. The monoisotopic (exact) mass is 556 g/mol. The van der Waals surface area contributed by atoms with Crippen LogP contribution in [0.5, 0.6) is 5.88 Å². The van der Waals surface area contributed by atoms with Gasteiger partial charge < -0.3 is 34.4 Å². The topological polar surface area (TPSA) is 141 Å². The van der Waals surface area contributed by atoms with Crippen molar-refractivity contribution < 1.29 is 33.2 Å². The van der Waals surface area contributed by atoms with Crippen LogP contribution >= 0.6 is 0 Å². The predicted molar refractivity (Wildman–Crippen MR) is 146 cm³/mol. The lowest BCUT2D eigenvalue weighted by Gasteiger charge is -2.28. The molecule has 10 nitrogen and oxygen atoms in total. The van der Waals surface area contributed by atoms with Gasteiger partial charge in [-0.2, -0.15) is 0 Å². The number of carbonyl (C=O) groups excluding carboxylic acids is 1. The van der Waals surface area contributed by atoms with E-state index in [-0.39, 0.29) is 24.9 Å². The number of rotatable bonds is 7. The van der Waals surface area contributed by atoms with E-state index in [0.717, 1.165) is 38.7 Å². The number of carbonyl (C=O) groups is 1. The zero-order valence-electron chi connectivity index (χ0n) is 22.8. The smallest absolute Gasteiger partial charge is 0.207 e. The molecule has 1 saturated carbocycles. The minimum atomic E-state index is -1.24. The highest BCUT2D eigenvalue weighted by Gasteiger charge is 2.59. The minimum Gasteiger partial charge on any atom is -0.468 e. The van der Waals surface area contributed by atoms with Gasteiger partial charge in [-0.1, -0.05) is 24.3 Å². The van der Waals surface area contributed by atoms with E-state index in [0.29, 0.717) is 28.4 Å². The van der Waals surface area contributed by atoms with Gasteiger partial charge in [-0.15, -0.1) is 0 Å². The van der Waals surface area contributed by atoms with Crippen molar-refractivity contribution in [1.82, 2.24) is 15.3 Å². The standard InChI is InChI=1S/C26H29FN4O5.C3H8O/c27-18-9-19-20(10-23(30-19)36-22-12-34-25-21(33)11-35-26(22,25)28)31-24(18)16-3-1-14(2-4-16)15-5-7-17(8-6-15)29-13-32;1-3-4-2/h1-4,9-10,13,15,17,21-22,25,30,33H,5-8,11-12,28H2,(H,29,32);3H2,1-2H3/t15?,17?,21?,22?,25-,26-;/m1./s1. The summed E-state index contributed by atoms with van der Waals surface area (Å²) in [6, 6.07) is 11.2. The summed E-state index contributed by atoms with van der Waals surface area (Å²) >= 11 is 0. The molecule has 216 valence electrons. The second-order valence-electron chi connectivity index (χ2n) is 10.5. The lowest BCUT2D eigenvalue weighted by Crippen LogP contribution is -2.57. The number of aliphatic hydroxyl groups is 1. The second-order valence-corrected chi connectivity index (χ2v) is 10.5. The molecular weight excluding hydrogens is 519 g/mol. The number of hydrogen-bond donors (Lipinski definition) is 4. The molecule has 2 unspecified atom stereocenters. The molecule has 40 heavy (non-hydrogen) atoms. The number of fused-ring (bicyclic) bond motifs is 2. The summed E-state index contributed by atoms with van der Waals surface area (Å²) in [5.74, 6) is 0.363. The molecular formula is C29H37FN4O6. The van der Waals surface area contributed by atoms with Gasteiger partial charge in [0.25, 0.3) is 0 Å². The van der Waals surface area contributed by atoms with E-state index in [1.165, 1.54) is 11.6 Å². The van der Waals surface area contributed by atoms with Gasteiger partial charge in [-0.25, -0.2) is 9.37 Å². The molecule has 6 rings (SSSR count). The van der Waals surface area contributed by atoms with Gasteiger partial charge in [0, 0.05) is 37.5 Å². The van der Waals surface area contributed by atoms with Crippen LogP contribution in [0.15, 0.2) is 36.4 Å². The van der Waals surface area contributed by atoms with Gasteiger partial charge in [0.15, 0.2) is 23.5 Å². The van der Waals surface area contributed by atoms with Crippen molar-refractivity contribution in [3.05, 3.63) is 47.8 Å². The number of halogens is 1. The van der Waals surface area contributed by atoms with Gasteiger partial charge in [0.05, 0.1) is 24.2 Å². The fourth-order valence-electron chi connectivity index (χ4n) is 5.69. The molecule has 1 aliphatic carbocycles. The molecule has 3 fully saturated rings. The van der Waals surface area contributed by atoms with Crippen LogP contribution < -0.4 is 15.8 Å². The van der Waals surface area contributed by atoms with E-state index < -0.39 is 29.9 Å². The van der Waals surface area contributed by atoms with Crippen LogP contribution in [0, 0.1) is 5.82 Å². The van der Waals surface area contributed by atoms with Gasteiger partial charge in [0.2, 0.25) is 6.41 Å². The Hall–Kier alpha value is -3.09. The van der Waals surface area contributed by atoms with Crippen molar-refractivity contribution in [3.8, 4) is 17.1 Å². The summed E-state index contributed by atoms with van der Waals surface area (Å²) in [4.78, 5) is 18.2. The molecule has 0 radical (unpaired) electrons. The first-order valence-corrected chi connectivity index (χ1v) is 13.7. The third-order valence-corrected chi connectivity index (χ3v) is 8.00. The summed E-state index contributed by atoms with van der Waals surface area (Å²) in [6.45, 7) is 3.03. The number of aliphatic hydroxyl groups excluding tert-OH is 1. The Morgan fingerprint density at radius 3 is 2.62 bits per heavy atom. The quantitative estimate of drug-likeness (QED) is 0.326. The largest absolute Gasteiger partial charge is 0.468 e. The lowest BCUT2D eigenvalue weighted by molar-refractivity contribution is -0.110. The molecule has 0 bridgehead atoms. The highest BCUT2D eigenvalue weighted by atomic mass is 19.1. The summed E-state index contributed by atoms with van der Waals surface area (Å²) in [6.07, 6.45) is 2.63. The molecule has 1 amide bonds. The number of hydrogen-bond acceptors (Lipinski definition) is 8. The molecule has 2 saturated heterocycles. The number of methoxy groups -OCH3 is 1. The zero-order valence-corrected chi connectivity index (χ0v) is 22.8. The van der Waals surface area contributed by atoms with Crippen LogP contribution in [0.1, 0.15) is 44.1 Å². The Morgan fingerprint density at radius 1 is 1.23 bits per heavy atom. The normalized spacial score (nSPS) is 29.5. The van der Waals surface area contributed by atoms with E-state index in [2.05, 4.69) is 20.0 Å². The highest BCUT2D eigenvalue weighted by molar-refractivity contribution is 5.80. The van der Waals surface area contributed by atoms with Crippen LogP contribution in [-0.4, -0.2) is 78.5 Å². The van der Waals surface area contributed by atoms with Crippen molar-refractivity contribution in [2.45, 2.75) is 68.6 Å². The Kier molecular flexibility index (Phi) is 8.67. The first-order chi connectivity index (χ1) is 19.4. The predicted octanol–water partition coefficient (Wildman–Crippen LogP) is 2.99. The first-order valence-electron chi connectivity index (χ1n) is 13.7. The molecule has 4 heterocycles. The van der Waals surface area contributed by atoms with Crippen LogP contribution in [0.2, 0.25) is 0 Å². The van der Waals surface area contributed by atoms with Crippen LogP contribution in [0.3, 0.4) is 0 Å². The average molecular weight is 557 g/mol. The van der Waals surface area contributed by atoms with E-state index in [4.69, 9.17) is 19.9 Å². The van der Waals surface area contributed by atoms with Gasteiger partial charge in [-0.05, 0) is 44.1 Å². The van der Waals surface area contributed by atoms with Crippen LogP contribution in [-0.2, 0) is 19.0 Å². The van der Waals surface area contributed by atoms with E-state index in [9.17, 15) is 9.90 Å². The molecule has 0 spiro atoms. The maximum Gasteiger partial charge on any atom is 0.207 e. The zero-order chi connectivity index (χ0) is 28.3. The number of pyridine rings is 1. The molecule has 3 aromatic rings. The highest BCUT2D eigenvalue weighted by Crippen LogP contribution is 2.37. The van der Waals surface area contributed by atoms with Crippen LogP contribution in [0.25, 0.3) is 22.3 Å².